The van der Waals surface area contributed by atoms with Crippen molar-refractivity contribution in [1.29, 1.82) is 0 Å². The van der Waals surface area contributed by atoms with Gasteiger partial charge in [0, 0.05) is 5.56 Å². The van der Waals surface area contributed by atoms with Gasteiger partial charge in [0.2, 0.25) is 0 Å². The van der Waals surface area contributed by atoms with Crippen LogP contribution in [0, 0.1) is 6.92 Å². The molecule has 1 aliphatic heterocycles. The molecule has 2 nitrogen and oxygen atoms in total. The molecule has 0 spiro atoms. The maximum atomic E-state index is 6.01. The molecule has 0 radical (unpaired) electrons. The molecule has 82 valence electrons. The summed E-state index contributed by atoms with van der Waals surface area (Å²) in [4.78, 5) is 8.67. The maximum Gasteiger partial charge on any atom is 0.147 e. The molecule has 2 rings (SSSR count). The number of thioether (sulfide) groups is 1. The lowest BCUT2D eigenvalue weighted by Gasteiger charge is -2.21. The third-order valence-electron chi connectivity index (χ3n) is 2.72. The molecule has 0 amide bonds. The molecule has 1 aromatic heterocycles. The highest BCUT2D eigenvalue weighted by atomic mass is 35.5. The monoisotopic (exact) mass is 262 g/mol. The van der Waals surface area contributed by atoms with Gasteiger partial charge in [0.05, 0.1) is 4.75 Å². The highest BCUT2D eigenvalue weighted by molar-refractivity contribution is 8.00. The first-order chi connectivity index (χ1) is 7.03. The smallest absolute Gasteiger partial charge is 0.147 e. The van der Waals surface area contributed by atoms with E-state index in [-0.39, 0.29) is 4.75 Å². The Morgan fingerprint density at radius 1 is 1.27 bits per heavy atom. The van der Waals surface area contributed by atoms with Gasteiger partial charge in [-0.15, -0.1) is 11.8 Å². The van der Waals surface area contributed by atoms with E-state index in [2.05, 4.69) is 16.9 Å². The summed E-state index contributed by atoms with van der Waals surface area (Å²) in [5.41, 5.74) is 0.758. The molecular formula is C10H12Cl2N2S. The summed E-state index contributed by atoms with van der Waals surface area (Å²) < 4.78 is -0.0129. The topological polar surface area (TPSA) is 25.8 Å². The fraction of sp³-hybridized carbons (Fsp3) is 0.600. The van der Waals surface area contributed by atoms with Gasteiger partial charge in [-0.1, -0.05) is 23.2 Å². The van der Waals surface area contributed by atoms with Crippen molar-refractivity contribution >= 4 is 35.0 Å². The number of hydrogen-bond donors (Lipinski definition) is 0. The average Bonchev–Trinajstić information content (AvgIpc) is 2.62. The molecule has 2 heterocycles. The van der Waals surface area contributed by atoms with Gasteiger partial charge in [0.25, 0.3) is 0 Å². The highest BCUT2D eigenvalue weighted by Crippen LogP contribution is 2.45. The van der Waals surface area contributed by atoms with E-state index in [0.29, 0.717) is 10.3 Å². The van der Waals surface area contributed by atoms with E-state index in [1.807, 2.05) is 18.7 Å². The van der Waals surface area contributed by atoms with Gasteiger partial charge in [0.1, 0.15) is 16.1 Å². The Bertz CT molecular complexity index is 366. The zero-order chi connectivity index (χ0) is 11.1. The lowest BCUT2D eigenvalue weighted by molar-refractivity contribution is 0.603. The van der Waals surface area contributed by atoms with Gasteiger partial charge in [-0.2, -0.15) is 0 Å². The fourth-order valence-electron chi connectivity index (χ4n) is 1.66. The van der Waals surface area contributed by atoms with Crippen LogP contribution in [-0.2, 0) is 4.75 Å². The van der Waals surface area contributed by atoms with Gasteiger partial charge in [-0.3, -0.25) is 0 Å². The second-order valence-electron chi connectivity index (χ2n) is 3.94. The average molecular weight is 263 g/mol. The largest absolute Gasteiger partial charge is 0.219 e. The van der Waals surface area contributed by atoms with E-state index in [4.69, 9.17) is 23.2 Å². The molecular weight excluding hydrogens is 251 g/mol. The van der Waals surface area contributed by atoms with E-state index in [1.165, 1.54) is 6.42 Å². The summed E-state index contributed by atoms with van der Waals surface area (Å²) >= 11 is 13.9. The Labute approximate surface area is 104 Å². The summed E-state index contributed by atoms with van der Waals surface area (Å²) in [5, 5.41) is 0.942. The molecule has 0 aromatic carbocycles. The van der Waals surface area contributed by atoms with Gasteiger partial charge in [0.15, 0.2) is 0 Å². The van der Waals surface area contributed by atoms with Crippen LogP contribution in [0.5, 0.6) is 0 Å². The van der Waals surface area contributed by atoms with Crippen LogP contribution >= 0.6 is 35.0 Å². The van der Waals surface area contributed by atoms with E-state index in [0.717, 1.165) is 23.6 Å². The van der Waals surface area contributed by atoms with Crippen molar-refractivity contribution in [3.05, 3.63) is 21.7 Å². The minimum atomic E-state index is -0.0129. The predicted molar refractivity (Wildman–Crippen MR) is 65.8 cm³/mol. The zero-order valence-electron chi connectivity index (χ0n) is 8.68. The van der Waals surface area contributed by atoms with Crippen LogP contribution in [0.15, 0.2) is 0 Å². The van der Waals surface area contributed by atoms with Gasteiger partial charge >= 0.3 is 0 Å². The number of halogens is 2. The van der Waals surface area contributed by atoms with E-state index < -0.39 is 0 Å². The Morgan fingerprint density at radius 2 is 1.87 bits per heavy atom. The van der Waals surface area contributed by atoms with Crippen LogP contribution in [0.1, 0.15) is 31.2 Å². The molecule has 0 saturated carbocycles. The summed E-state index contributed by atoms with van der Waals surface area (Å²) in [5.74, 6) is 1.92. The molecule has 5 heteroatoms. The highest BCUT2D eigenvalue weighted by Gasteiger charge is 2.35. The lowest BCUT2D eigenvalue weighted by atomic mass is 10.1. The van der Waals surface area contributed by atoms with E-state index in [1.54, 1.807) is 0 Å². The molecule has 15 heavy (non-hydrogen) atoms. The van der Waals surface area contributed by atoms with Crippen LogP contribution in [-0.4, -0.2) is 15.7 Å². The molecule has 1 aliphatic rings. The lowest BCUT2D eigenvalue weighted by Crippen LogP contribution is -2.17. The van der Waals surface area contributed by atoms with Gasteiger partial charge in [-0.05, 0) is 32.4 Å². The molecule has 1 fully saturated rings. The van der Waals surface area contributed by atoms with Crippen molar-refractivity contribution in [3.63, 3.8) is 0 Å². The Hall–Kier alpha value is 0.01000. The van der Waals surface area contributed by atoms with Gasteiger partial charge in [-0.25, -0.2) is 9.97 Å². The molecule has 0 N–H and O–H groups in total. The first-order valence-electron chi connectivity index (χ1n) is 4.87. The number of nitrogens with zero attached hydrogens (tertiary/aromatic N) is 2. The fourth-order valence-corrected chi connectivity index (χ4v) is 3.29. The molecule has 1 aromatic rings. The van der Waals surface area contributed by atoms with Crippen LogP contribution < -0.4 is 0 Å². The first kappa shape index (κ1) is 11.5. The summed E-state index contributed by atoms with van der Waals surface area (Å²) in [6.45, 7) is 3.99. The third kappa shape index (κ3) is 2.10. The molecule has 0 aliphatic carbocycles. The summed E-state index contributed by atoms with van der Waals surface area (Å²) in [7, 11) is 0. The number of hydrogen-bond acceptors (Lipinski definition) is 3. The quantitative estimate of drug-likeness (QED) is 0.720. The van der Waals surface area contributed by atoms with Crippen LogP contribution in [0.3, 0.4) is 0 Å². The van der Waals surface area contributed by atoms with Crippen molar-refractivity contribution in [1.82, 2.24) is 9.97 Å². The summed E-state index contributed by atoms with van der Waals surface area (Å²) in [6.07, 6.45) is 2.29. The van der Waals surface area contributed by atoms with Crippen molar-refractivity contribution in [2.75, 3.05) is 5.75 Å². The van der Waals surface area contributed by atoms with E-state index in [9.17, 15) is 0 Å². The maximum absolute atomic E-state index is 6.01. The molecule has 1 atom stereocenters. The Kier molecular flexibility index (Phi) is 3.15. The van der Waals surface area contributed by atoms with Crippen LogP contribution in [0.4, 0.5) is 0 Å². The van der Waals surface area contributed by atoms with Crippen molar-refractivity contribution in [3.8, 4) is 0 Å². The second-order valence-corrected chi connectivity index (χ2v) is 6.25. The normalized spacial score (nSPS) is 25.9. The Morgan fingerprint density at radius 3 is 2.33 bits per heavy atom. The minimum absolute atomic E-state index is 0.0129. The number of aromatic nitrogens is 2. The minimum Gasteiger partial charge on any atom is -0.219 e. The van der Waals surface area contributed by atoms with Crippen LogP contribution in [0.2, 0.25) is 10.3 Å². The standard InChI is InChI=1S/C10H12Cl2N2S/c1-6-7(11)13-9(14-8(6)12)10(2)4-3-5-15-10/h3-5H2,1-2H3. The zero-order valence-corrected chi connectivity index (χ0v) is 11.0. The molecule has 1 unspecified atom stereocenters. The second kappa shape index (κ2) is 4.11. The first-order valence-corrected chi connectivity index (χ1v) is 6.61. The Balaban J connectivity index is 2.45. The van der Waals surface area contributed by atoms with Crippen molar-refractivity contribution < 1.29 is 0 Å². The van der Waals surface area contributed by atoms with Crippen LogP contribution in [0.25, 0.3) is 0 Å². The molecule has 0 bridgehead atoms. The van der Waals surface area contributed by atoms with Crippen molar-refractivity contribution in [2.24, 2.45) is 0 Å². The predicted octanol–water partition coefficient (Wildman–Crippen LogP) is 3.83. The van der Waals surface area contributed by atoms with Crippen molar-refractivity contribution in [2.45, 2.75) is 31.4 Å². The van der Waals surface area contributed by atoms with Gasteiger partial charge < -0.3 is 0 Å². The number of rotatable bonds is 1. The molecule has 1 saturated heterocycles. The third-order valence-corrected chi connectivity index (χ3v) is 4.97. The van der Waals surface area contributed by atoms with E-state index >= 15 is 0 Å². The summed E-state index contributed by atoms with van der Waals surface area (Å²) in [6, 6.07) is 0. The SMILES string of the molecule is Cc1c(Cl)nc(C2(C)CCCS2)nc1Cl.